The molecule has 0 spiro atoms. The van der Waals surface area contributed by atoms with Crippen LogP contribution in [0.4, 0.5) is 0 Å². The molecule has 1 nitrogen and oxygen atoms in total. The van der Waals surface area contributed by atoms with Gasteiger partial charge in [-0.3, -0.25) is 0 Å². The summed E-state index contributed by atoms with van der Waals surface area (Å²) in [4.78, 5) is 0. The monoisotopic (exact) mass is 226 g/mol. The molecule has 1 rings (SSSR count). The lowest BCUT2D eigenvalue weighted by atomic mass is 10.2. The second kappa shape index (κ2) is 5.85. The van der Waals surface area contributed by atoms with Gasteiger partial charge >= 0.3 is 0 Å². The number of hydrogen-bond acceptors (Lipinski definition) is 2. The number of hydrogen-bond donors (Lipinski definition) is 1. The summed E-state index contributed by atoms with van der Waals surface area (Å²) in [5.41, 5.74) is 0.871. The third-order valence-corrected chi connectivity index (χ3v) is 2.02. The Morgan fingerprint density at radius 2 is 2.21 bits per heavy atom. The van der Waals surface area contributed by atoms with Crippen LogP contribution in [0, 0.1) is 11.8 Å². The van der Waals surface area contributed by atoms with Crippen molar-refractivity contribution in [3.05, 3.63) is 28.8 Å². The van der Waals surface area contributed by atoms with Gasteiger partial charge in [-0.2, -0.15) is 12.6 Å². The van der Waals surface area contributed by atoms with Gasteiger partial charge in [0.05, 0.1) is 7.11 Å². The summed E-state index contributed by atoms with van der Waals surface area (Å²) < 4.78 is 5.07. The summed E-state index contributed by atoms with van der Waals surface area (Å²) in [6.45, 7) is 0. The van der Waals surface area contributed by atoms with Crippen LogP contribution in [0.3, 0.4) is 0 Å². The fraction of sp³-hybridized carbons (Fsp3) is 0.273. The van der Waals surface area contributed by atoms with Gasteiger partial charge in [0.2, 0.25) is 0 Å². The molecule has 1 aromatic carbocycles. The van der Waals surface area contributed by atoms with Gasteiger partial charge in [0.1, 0.15) is 5.75 Å². The lowest BCUT2D eigenvalue weighted by Crippen LogP contribution is -1.84. The first-order valence-electron chi connectivity index (χ1n) is 4.20. The van der Waals surface area contributed by atoms with E-state index >= 15 is 0 Å². The van der Waals surface area contributed by atoms with E-state index in [2.05, 4.69) is 24.5 Å². The Morgan fingerprint density at radius 1 is 1.43 bits per heavy atom. The van der Waals surface area contributed by atoms with Crippen molar-refractivity contribution in [3.63, 3.8) is 0 Å². The molecule has 0 aromatic heterocycles. The van der Waals surface area contributed by atoms with Gasteiger partial charge < -0.3 is 4.74 Å². The van der Waals surface area contributed by atoms with Gasteiger partial charge in [-0.1, -0.05) is 23.4 Å². The maximum atomic E-state index is 5.88. The minimum atomic E-state index is 0.638. The first-order chi connectivity index (χ1) is 6.76. The van der Waals surface area contributed by atoms with Crippen molar-refractivity contribution >= 4 is 24.2 Å². The molecule has 74 valence electrons. The predicted molar refractivity (Wildman–Crippen MR) is 63.4 cm³/mol. The Kier molecular flexibility index (Phi) is 4.72. The number of benzene rings is 1. The average molecular weight is 227 g/mol. The van der Waals surface area contributed by atoms with Gasteiger partial charge in [0.15, 0.2) is 0 Å². The zero-order valence-electron chi connectivity index (χ0n) is 7.88. The molecule has 14 heavy (non-hydrogen) atoms. The molecule has 0 radical (unpaired) electrons. The molecule has 1 aromatic rings. The Morgan fingerprint density at radius 3 is 2.86 bits per heavy atom. The molecule has 0 heterocycles. The normalized spacial score (nSPS) is 9.07. The maximum Gasteiger partial charge on any atom is 0.121 e. The van der Waals surface area contributed by atoms with E-state index in [0.29, 0.717) is 5.02 Å². The Balaban J connectivity index is 2.88. The average Bonchev–Trinajstić information content (AvgIpc) is 2.17. The van der Waals surface area contributed by atoms with Crippen molar-refractivity contribution in [2.45, 2.75) is 6.42 Å². The molecule has 0 aliphatic rings. The van der Waals surface area contributed by atoms with Crippen molar-refractivity contribution in [1.29, 1.82) is 0 Å². The molecule has 0 saturated heterocycles. The van der Waals surface area contributed by atoms with Crippen LogP contribution < -0.4 is 4.74 Å². The third-order valence-electron chi connectivity index (χ3n) is 1.58. The quantitative estimate of drug-likeness (QED) is 0.603. The molecule has 0 unspecified atom stereocenters. The second-order valence-electron chi connectivity index (χ2n) is 2.66. The van der Waals surface area contributed by atoms with E-state index in [0.717, 1.165) is 23.5 Å². The van der Waals surface area contributed by atoms with Crippen LogP contribution in [0.1, 0.15) is 12.0 Å². The maximum absolute atomic E-state index is 5.88. The second-order valence-corrected chi connectivity index (χ2v) is 3.54. The Bertz CT molecular complexity index is 365. The fourth-order valence-corrected chi connectivity index (χ4v) is 1.31. The molecule has 0 N–H and O–H groups in total. The topological polar surface area (TPSA) is 9.23 Å². The van der Waals surface area contributed by atoms with E-state index in [1.54, 1.807) is 13.2 Å². The van der Waals surface area contributed by atoms with E-state index in [1.807, 2.05) is 12.1 Å². The number of halogens is 1. The largest absolute Gasteiger partial charge is 0.497 e. The van der Waals surface area contributed by atoms with Crippen LogP contribution in [0.15, 0.2) is 18.2 Å². The standard InChI is InChI=1S/C11H11ClOS/c1-13-11-7-9(4-2-3-5-14)6-10(12)8-11/h6-8,14H,3,5H2,1H3. The van der Waals surface area contributed by atoms with Gasteiger partial charge in [-0.25, -0.2) is 0 Å². The zero-order chi connectivity index (χ0) is 10.4. The smallest absolute Gasteiger partial charge is 0.121 e. The highest BCUT2D eigenvalue weighted by Gasteiger charge is 1.96. The summed E-state index contributed by atoms with van der Waals surface area (Å²) in [6, 6.07) is 5.43. The van der Waals surface area contributed by atoms with Crippen molar-refractivity contribution in [2.75, 3.05) is 12.9 Å². The first kappa shape index (κ1) is 11.3. The highest BCUT2D eigenvalue weighted by molar-refractivity contribution is 7.80. The van der Waals surface area contributed by atoms with Crippen LogP contribution in [0.25, 0.3) is 0 Å². The molecular formula is C11H11ClOS. The van der Waals surface area contributed by atoms with Crippen LogP contribution in [-0.2, 0) is 0 Å². The lowest BCUT2D eigenvalue weighted by molar-refractivity contribution is 0.414. The molecular weight excluding hydrogens is 216 g/mol. The first-order valence-corrected chi connectivity index (χ1v) is 5.21. The van der Waals surface area contributed by atoms with Crippen molar-refractivity contribution in [2.24, 2.45) is 0 Å². The molecule has 0 amide bonds. The molecule has 0 fully saturated rings. The zero-order valence-corrected chi connectivity index (χ0v) is 9.53. The molecule has 0 aliphatic heterocycles. The van der Waals surface area contributed by atoms with Gasteiger partial charge in [0.25, 0.3) is 0 Å². The molecule has 3 heteroatoms. The van der Waals surface area contributed by atoms with Gasteiger partial charge in [0, 0.05) is 22.8 Å². The van der Waals surface area contributed by atoms with Crippen LogP contribution in [-0.4, -0.2) is 12.9 Å². The summed E-state index contributed by atoms with van der Waals surface area (Å²) in [5.74, 6) is 7.48. The van der Waals surface area contributed by atoms with E-state index in [-0.39, 0.29) is 0 Å². The van der Waals surface area contributed by atoms with Crippen molar-refractivity contribution in [3.8, 4) is 17.6 Å². The number of ether oxygens (including phenoxy) is 1. The van der Waals surface area contributed by atoms with Crippen molar-refractivity contribution in [1.82, 2.24) is 0 Å². The van der Waals surface area contributed by atoms with E-state index in [9.17, 15) is 0 Å². The SMILES string of the molecule is COc1cc(Cl)cc(C#CCCS)c1. The minimum Gasteiger partial charge on any atom is -0.497 e. The van der Waals surface area contributed by atoms with Crippen LogP contribution in [0.5, 0.6) is 5.75 Å². The van der Waals surface area contributed by atoms with E-state index in [1.165, 1.54) is 0 Å². The molecule has 0 atom stereocenters. The third kappa shape index (κ3) is 3.53. The summed E-state index contributed by atoms with van der Waals surface area (Å²) in [7, 11) is 1.61. The van der Waals surface area contributed by atoms with E-state index in [4.69, 9.17) is 16.3 Å². The predicted octanol–water partition coefficient (Wildman–Crippen LogP) is 3.02. The Hall–Kier alpha value is -0.780. The number of methoxy groups -OCH3 is 1. The summed E-state index contributed by atoms with van der Waals surface area (Å²) in [6.07, 6.45) is 0.776. The Labute approximate surface area is 94.8 Å². The molecule has 0 bridgehead atoms. The van der Waals surface area contributed by atoms with Gasteiger partial charge in [-0.05, 0) is 18.2 Å². The lowest BCUT2D eigenvalue weighted by Gasteiger charge is -2.00. The minimum absolute atomic E-state index is 0.638. The number of thiol groups is 1. The summed E-state index contributed by atoms with van der Waals surface area (Å²) in [5, 5.41) is 0.638. The number of rotatable bonds is 2. The van der Waals surface area contributed by atoms with E-state index < -0.39 is 0 Å². The summed E-state index contributed by atoms with van der Waals surface area (Å²) >= 11 is 9.95. The van der Waals surface area contributed by atoms with Crippen LogP contribution in [0.2, 0.25) is 5.02 Å². The highest BCUT2D eigenvalue weighted by atomic mass is 35.5. The molecule has 0 aliphatic carbocycles. The van der Waals surface area contributed by atoms with Gasteiger partial charge in [-0.15, -0.1) is 0 Å². The fourth-order valence-electron chi connectivity index (χ4n) is 0.973. The highest BCUT2D eigenvalue weighted by Crippen LogP contribution is 2.19. The molecule has 0 saturated carbocycles. The van der Waals surface area contributed by atoms with Crippen molar-refractivity contribution < 1.29 is 4.74 Å². The van der Waals surface area contributed by atoms with Crippen LogP contribution >= 0.6 is 24.2 Å².